The molecule has 6 nitrogen and oxygen atoms in total. The van der Waals surface area contributed by atoms with Crippen LogP contribution in [0.15, 0.2) is 83.7 Å². The molecule has 0 atom stereocenters. The van der Waals surface area contributed by atoms with Gasteiger partial charge in [-0.15, -0.1) is 11.3 Å². The van der Waals surface area contributed by atoms with E-state index in [2.05, 4.69) is 19.2 Å². The third-order valence-corrected chi connectivity index (χ3v) is 6.74. The van der Waals surface area contributed by atoms with Gasteiger partial charge in [-0.05, 0) is 47.9 Å². The number of methoxy groups -OCH3 is 1. The first-order valence-corrected chi connectivity index (χ1v) is 12.2. The Kier molecular flexibility index (Phi) is 7.47. The first kappa shape index (κ1) is 24.7. The predicted molar refractivity (Wildman–Crippen MR) is 144 cm³/mol. The van der Waals surface area contributed by atoms with E-state index >= 15 is 0 Å². The van der Waals surface area contributed by atoms with Gasteiger partial charge in [0.25, 0.3) is 11.5 Å². The smallest absolute Gasteiger partial charge is 0.273 e. The topological polar surface area (TPSA) is 84.1 Å². The number of amides is 1. The Balaban J connectivity index is 1.90. The second-order valence-electron chi connectivity index (χ2n) is 8.35. The minimum Gasteiger partial charge on any atom is -0.496 e. The lowest BCUT2D eigenvalue weighted by atomic mass is 10.0. The van der Waals surface area contributed by atoms with E-state index in [1.165, 1.54) is 4.57 Å². The van der Waals surface area contributed by atoms with Crippen molar-refractivity contribution < 1.29 is 9.53 Å². The van der Waals surface area contributed by atoms with Gasteiger partial charge in [0.05, 0.1) is 17.3 Å². The summed E-state index contributed by atoms with van der Waals surface area (Å²) in [4.78, 5) is 26.8. The Morgan fingerprint density at radius 3 is 2.33 bits per heavy atom. The summed E-state index contributed by atoms with van der Waals surface area (Å²) in [6, 6.07) is 25.8. The fourth-order valence-electron chi connectivity index (χ4n) is 3.73. The van der Waals surface area contributed by atoms with E-state index in [-0.39, 0.29) is 15.8 Å². The van der Waals surface area contributed by atoms with Crippen LogP contribution in [0.1, 0.15) is 30.9 Å². The number of nitriles is 1. The number of hydrogen-bond acceptors (Lipinski definition) is 5. The summed E-state index contributed by atoms with van der Waals surface area (Å²) in [6.07, 6.45) is 1.71. The minimum absolute atomic E-state index is 0.145. The largest absolute Gasteiger partial charge is 0.496 e. The Morgan fingerprint density at radius 1 is 1.03 bits per heavy atom. The van der Waals surface area contributed by atoms with Crippen molar-refractivity contribution in [3.05, 3.63) is 110 Å². The van der Waals surface area contributed by atoms with Crippen LogP contribution in [0.2, 0.25) is 0 Å². The number of para-hydroxylation sites is 2. The molecule has 7 heteroatoms. The number of rotatable bonds is 6. The Hall–Kier alpha value is -4.41. The van der Waals surface area contributed by atoms with Crippen LogP contribution in [-0.2, 0) is 4.79 Å². The van der Waals surface area contributed by atoms with Gasteiger partial charge in [-0.3, -0.25) is 14.2 Å². The highest BCUT2D eigenvalue weighted by Gasteiger charge is 2.17. The van der Waals surface area contributed by atoms with Crippen molar-refractivity contribution in [2.45, 2.75) is 19.8 Å². The number of anilines is 1. The van der Waals surface area contributed by atoms with E-state index in [0.717, 1.165) is 22.5 Å². The molecule has 0 aliphatic carbocycles. The zero-order valence-electron chi connectivity index (χ0n) is 20.2. The molecule has 1 heterocycles. The molecule has 1 aromatic heterocycles. The minimum atomic E-state index is -0.579. The first-order valence-electron chi connectivity index (χ1n) is 11.4. The van der Waals surface area contributed by atoms with Crippen LogP contribution in [-0.4, -0.2) is 17.6 Å². The molecule has 1 amide bonds. The molecule has 0 spiro atoms. The van der Waals surface area contributed by atoms with Crippen LogP contribution >= 0.6 is 11.3 Å². The summed E-state index contributed by atoms with van der Waals surface area (Å²) in [5.74, 6) is 0.398. The van der Waals surface area contributed by atoms with Crippen molar-refractivity contribution >= 4 is 34.6 Å². The molecule has 0 aliphatic heterocycles. The zero-order chi connectivity index (χ0) is 25.7. The van der Waals surface area contributed by atoms with E-state index in [9.17, 15) is 14.9 Å². The molecule has 0 radical (unpaired) electrons. The number of aromatic nitrogens is 1. The quantitative estimate of drug-likeness (QED) is 0.435. The standard InChI is InChI=1S/C29H25N3O3S/c1-19(2)20-13-15-22(16-14-20)31-27(33)24(18-30)29-32(23-10-5-4-6-11-23)28(34)26(36-29)17-21-9-7-8-12-25(21)35-3/h4-17,19H,1-3H3,(H,31,33)/b26-17+,29-24+. The molecule has 1 N–H and O–H groups in total. The van der Waals surface area contributed by atoms with Crippen molar-refractivity contribution in [3.63, 3.8) is 0 Å². The summed E-state index contributed by atoms with van der Waals surface area (Å²) in [5, 5.41) is 12.8. The van der Waals surface area contributed by atoms with Crippen molar-refractivity contribution in [1.29, 1.82) is 5.26 Å². The number of hydrogen-bond donors (Lipinski definition) is 1. The lowest BCUT2D eigenvalue weighted by Crippen LogP contribution is -2.32. The molecule has 180 valence electrons. The molecule has 0 bridgehead atoms. The fourth-order valence-corrected chi connectivity index (χ4v) is 4.82. The van der Waals surface area contributed by atoms with E-state index < -0.39 is 5.91 Å². The van der Waals surface area contributed by atoms with Crippen LogP contribution in [0.3, 0.4) is 0 Å². The zero-order valence-corrected chi connectivity index (χ0v) is 21.0. The van der Waals surface area contributed by atoms with Gasteiger partial charge in [-0.25, -0.2) is 0 Å². The summed E-state index contributed by atoms with van der Waals surface area (Å²) in [6.45, 7) is 4.18. The normalized spacial score (nSPS) is 12.2. The number of nitrogens with zero attached hydrogens (tertiary/aromatic N) is 2. The highest BCUT2D eigenvalue weighted by atomic mass is 32.1. The molecule has 0 saturated heterocycles. The van der Waals surface area contributed by atoms with Crippen LogP contribution in [0.4, 0.5) is 5.69 Å². The van der Waals surface area contributed by atoms with E-state index in [1.807, 2.05) is 54.6 Å². The predicted octanol–water partition coefficient (Wildman–Crippen LogP) is 4.17. The summed E-state index contributed by atoms with van der Waals surface area (Å²) in [5.41, 5.74) is 2.53. The Labute approximate surface area is 213 Å². The first-order chi connectivity index (χ1) is 17.4. The van der Waals surface area contributed by atoms with Gasteiger partial charge in [0.15, 0.2) is 5.57 Å². The summed E-state index contributed by atoms with van der Waals surface area (Å²) < 4.78 is 7.46. The maximum Gasteiger partial charge on any atom is 0.273 e. The lowest BCUT2D eigenvalue weighted by Gasteiger charge is -2.08. The molecule has 0 saturated carbocycles. The Morgan fingerprint density at radius 2 is 1.69 bits per heavy atom. The number of benzene rings is 3. The highest BCUT2D eigenvalue weighted by molar-refractivity contribution is 7.07. The third-order valence-electron chi connectivity index (χ3n) is 5.65. The molecule has 0 unspecified atom stereocenters. The Bertz CT molecular complexity index is 1610. The van der Waals surface area contributed by atoms with E-state index in [0.29, 0.717) is 27.6 Å². The lowest BCUT2D eigenvalue weighted by molar-refractivity contribution is -0.111. The molecular weight excluding hydrogens is 470 g/mol. The molecule has 36 heavy (non-hydrogen) atoms. The van der Waals surface area contributed by atoms with Gasteiger partial charge in [-0.2, -0.15) is 5.26 Å². The third kappa shape index (κ3) is 5.14. The molecule has 4 rings (SSSR count). The second kappa shape index (κ2) is 10.9. The van der Waals surface area contributed by atoms with Gasteiger partial charge in [0.2, 0.25) is 0 Å². The molecule has 3 aromatic carbocycles. The highest BCUT2D eigenvalue weighted by Crippen LogP contribution is 2.19. The van der Waals surface area contributed by atoms with Crippen molar-refractivity contribution in [2.24, 2.45) is 0 Å². The average molecular weight is 496 g/mol. The SMILES string of the molecule is COc1ccccc1/C=c1/s/c(=C(\C#N)C(=O)Nc2ccc(C(C)C)cc2)n(-c2ccccc2)c1=O. The van der Waals surface area contributed by atoms with Gasteiger partial charge in [0.1, 0.15) is 16.5 Å². The van der Waals surface area contributed by atoms with Gasteiger partial charge in [-0.1, -0.05) is 62.4 Å². The van der Waals surface area contributed by atoms with Crippen molar-refractivity contribution in [2.75, 3.05) is 12.4 Å². The molecule has 4 aromatic rings. The van der Waals surface area contributed by atoms with Gasteiger partial charge in [0, 0.05) is 11.3 Å². The number of ether oxygens (including phenoxy) is 1. The maximum absolute atomic E-state index is 13.5. The monoisotopic (exact) mass is 495 g/mol. The van der Waals surface area contributed by atoms with Gasteiger partial charge < -0.3 is 10.1 Å². The van der Waals surface area contributed by atoms with Crippen LogP contribution in [0.5, 0.6) is 5.75 Å². The summed E-state index contributed by atoms with van der Waals surface area (Å²) in [7, 11) is 1.56. The number of carbonyl (C=O) groups is 1. The van der Waals surface area contributed by atoms with Crippen LogP contribution in [0, 0.1) is 11.3 Å². The molecule has 0 fully saturated rings. The summed E-state index contributed by atoms with van der Waals surface area (Å²) >= 11 is 1.09. The average Bonchev–Trinajstić information content (AvgIpc) is 3.20. The van der Waals surface area contributed by atoms with Gasteiger partial charge >= 0.3 is 0 Å². The number of nitrogens with one attached hydrogen (secondary N) is 1. The van der Waals surface area contributed by atoms with Crippen LogP contribution in [0.25, 0.3) is 17.3 Å². The van der Waals surface area contributed by atoms with E-state index in [1.54, 1.807) is 43.5 Å². The number of thiazole rings is 1. The van der Waals surface area contributed by atoms with Crippen molar-refractivity contribution in [3.8, 4) is 17.5 Å². The van der Waals surface area contributed by atoms with E-state index in [4.69, 9.17) is 4.74 Å². The maximum atomic E-state index is 13.5. The molecular formula is C29H25N3O3S. The second-order valence-corrected chi connectivity index (χ2v) is 9.38. The molecule has 0 aliphatic rings. The van der Waals surface area contributed by atoms with Crippen molar-refractivity contribution in [1.82, 2.24) is 4.57 Å². The van der Waals surface area contributed by atoms with Crippen LogP contribution < -0.4 is 24.8 Å². The number of carbonyl (C=O) groups excluding carboxylic acids is 1. The fraction of sp³-hybridized carbons (Fsp3) is 0.138.